The molecule has 2 aromatic carbocycles. The third kappa shape index (κ3) is 3.79. The van der Waals surface area contributed by atoms with E-state index in [4.69, 9.17) is 11.6 Å². The fraction of sp³-hybridized carbons (Fsp3) is 0.318. The summed E-state index contributed by atoms with van der Waals surface area (Å²) in [6, 6.07) is 15.9. The molecule has 5 nitrogen and oxygen atoms in total. The van der Waals surface area contributed by atoms with E-state index in [0.717, 1.165) is 28.7 Å². The quantitative estimate of drug-likeness (QED) is 0.534. The first-order chi connectivity index (χ1) is 14.0. The minimum Gasteiger partial charge on any atom is -0.308 e. The average molecular weight is 427 g/mol. The van der Waals surface area contributed by atoms with E-state index < -0.39 is 0 Å². The Hall–Kier alpha value is -2.31. The number of hydrogen-bond acceptors (Lipinski definition) is 4. The summed E-state index contributed by atoms with van der Waals surface area (Å²) >= 11 is 7.59. The number of halogens is 1. The monoisotopic (exact) mass is 426 g/mol. The summed E-state index contributed by atoms with van der Waals surface area (Å²) in [5.41, 5.74) is 3.17. The lowest BCUT2D eigenvalue weighted by molar-refractivity contribution is -0.118. The van der Waals surface area contributed by atoms with Crippen LogP contribution in [0.15, 0.2) is 53.7 Å². The van der Waals surface area contributed by atoms with Crippen LogP contribution in [0.5, 0.6) is 0 Å². The number of fused-ring (bicyclic) bond motifs is 1. The zero-order chi connectivity index (χ0) is 20.5. The van der Waals surface area contributed by atoms with Crippen LogP contribution in [0.4, 0.5) is 5.69 Å². The van der Waals surface area contributed by atoms with Crippen LogP contribution in [0, 0.1) is 0 Å². The third-order valence-electron chi connectivity index (χ3n) is 5.19. The van der Waals surface area contributed by atoms with Crippen molar-refractivity contribution in [1.82, 2.24) is 14.8 Å². The number of amides is 1. The maximum atomic E-state index is 13.3. The second kappa shape index (κ2) is 8.20. The SMILES string of the molecule is CCn1c(SC(C)C(=O)N2c3ccccc3CC2C)nnc1-c1cccc(Cl)c1. The van der Waals surface area contributed by atoms with Crippen LogP contribution in [0.25, 0.3) is 11.4 Å². The number of benzene rings is 2. The van der Waals surface area contributed by atoms with Gasteiger partial charge in [0, 0.05) is 28.9 Å². The fourth-order valence-electron chi connectivity index (χ4n) is 3.81. The van der Waals surface area contributed by atoms with Crippen molar-refractivity contribution in [1.29, 1.82) is 0 Å². The molecule has 3 aromatic rings. The molecule has 0 spiro atoms. The maximum Gasteiger partial charge on any atom is 0.240 e. The minimum absolute atomic E-state index is 0.0995. The van der Waals surface area contributed by atoms with Crippen LogP contribution in [0.1, 0.15) is 26.3 Å². The number of carbonyl (C=O) groups is 1. The standard InChI is InChI=1S/C22H23ClN4OS/c1-4-26-20(17-9-7-10-18(23)13-17)24-25-22(26)29-15(3)21(28)27-14(2)12-16-8-5-6-11-19(16)27/h5-11,13-15H,4,12H2,1-3H3. The number of para-hydroxylation sites is 1. The van der Waals surface area contributed by atoms with Crippen molar-refractivity contribution in [3.8, 4) is 11.4 Å². The number of aromatic nitrogens is 3. The zero-order valence-electron chi connectivity index (χ0n) is 16.7. The Morgan fingerprint density at radius 3 is 2.79 bits per heavy atom. The molecule has 1 aromatic heterocycles. The van der Waals surface area contributed by atoms with Gasteiger partial charge in [-0.1, -0.05) is 53.7 Å². The van der Waals surface area contributed by atoms with Gasteiger partial charge in [-0.05, 0) is 51.0 Å². The highest BCUT2D eigenvalue weighted by atomic mass is 35.5. The van der Waals surface area contributed by atoms with E-state index in [9.17, 15) is 4.79 Å². The molecule has 2 unspecified atom stereocenters. The third-order valence-corrected chi connectivity index (χ3v) is 6.49. The van der Waals surface area contributed by atoms with Crippen molar-refractivity contribution < 1.29 is 4.79 Å². The maximum absolute atomic E-state index is 13.3. The van der Waals surface area contributed by atoms with Crippen molar-refractivity contribution in [2.75, 3.05) is 4.90 Å². The van der Waals surface area contributed by atoms with Gasteiger partial charge < -0.3 is 9.47 Å². The lowest BCUT2D eigenvalue weighted by atomic mass is 10.1. The second-order valence-electron chi connectivity index (χ2n) is 7.21. The molecule has 4 rings (SSSR count). The van der Waals surface area contributed by atoms with Gasteiger partial charge in [0.25, 0.3) is 0 Å². The zero-order valence-corrected chi connectivity index (χ0v) is 18.2. The molecule has 7 heteroatoms. The molecule has 2 heterocycles. The largest absolute Gasteiger partial charge is 0.308 e. The van der Waals surface area contributed by atoms with E-state index in [2.05, 4.69) is 23.2 Å². The molecule has 0 N–H and O–H groups in total. The molecule has 1 aliphatic heterocycles. The van der Waals surface area contributed by atoms with Gasteiger partial charge in [0.2, 0.25) is 5.91 Å². The molecular weight excluding hydrogens is 404 g/mol. The van der Waals surface area contributed by atoms with E-state index in [1.54, 1.807) is 0 Å². The molecule has 0 bridgehead atoms. The molecule has 0 fully saturated rings. The molecular formula is C22H23ClN4OS. The molecule has 2 atom stereocenters. The number of carbonyl (C=O) groups excluding carboxylic acids is 1. The van der Waals surface area contributed by atoms with E-state index >= 15 is 0 Å². The van der Waals surface area contributed by atoms with Gasteiger partial charge >= 0.3 is 0 Å². The Labute approximate surface area is 180 Å². The number of thioether (sulfide) groups is 1. The Morgan fingerprint density at radius 2 is 2.03 bits per heavy atom. The summed E-state index contributed by atoms with van der Waals surface area (Å²) in [5, 5.41) is 9.86. The second-order valence-corrected chi connectivity index (χ2v) is 8.96. The first kappa shape index (κ1) is 20.0. The summed E-state index contributed by atoms with van der Waals surface area (Å²) < 4.78 is 2.03. The molecule has 150 valence electrons. The van der Waals surface area contributed by atoms with Crippen molar-refractivity contribution in [2.24, 2.45) is 0 Å². The van der Waals surface area contributed by atoms with E-state index in [0.29, 0.717) is 11.6 Å². The van der Waals surface area contributed by atoms with Gasteiger partial charge in [0.1, 0.15) is 0 Å². The minimum atomic E-state index is -0.273. The van der Waals surface area contributed by atoms with E-state index in [1.807, 2.05) is 65.8 Å². The van der Waals surface area contributed by atoms with Crippen LogP contribution < -0.4 is 4.90 Å². The molecule has 1 aliphatic rings. The highest BCUT2D eigenvalue weighted by Crippen LogP contribution is 2.35. The number of hydrogen-bond donors (Lipinski definition) is 0. The van der Waals surface area contributed by atoms with Crippen molar-refractivity contribution in [3.05, 3.63) is 59.1 Å². The predicted octanol–water partition coefficient (Wildman–Crippen LogP) is 5.08. The van der Waals surface area contributed by atoms with Gasteiger partial charge in [0.15, 0.2) is 11.0 Å². The highest BCUT2D eigenvalue weighted by Gasteiger charge is 2.34. The Balaban J connectivity index is 1.57. The molecule has 0 saturated carbocycles. The van der Waals surface area contributed by atoms with Gasteiger partial charge in [0.05, 0.1) is 5.25 Å². The van der Waals surface area contributed by atoms with Crippen LogP contribution in [0.2, 0.25) is 5.02 Å². The molecule has 0 radical (unpaired) electrons. The van der Waals surface area contributed by atoms with Crippen LogP contribution in [-0.4, -0.2) is 32.0 Å². The summed E-state index contributed by atoms with van der Waals surface area (Å²) in [5.74, 6) is 0.861. The lowest BCUT2D eigenvalue weighted by Crippen LogP contribution is -2.40. The van der Waals surface area contributed by atoms with E-state index in [1.165, 1.54) is 17.3 Å². The van der Waals surface area contributed by atoms with E-state index in [-0.39, 0.29) is 17.2 Å². The number of rotatable bonds is 5. The first-order valence-electron chi connectivity index (χ1n) is 9.76. The summed E-state index contributed by atoms with van der Waals surface area (Å²) in [6.45, 7) is 6.79. The molecule has 29 heavy (non-hydrogen) atoms. The van der Waals surface area contributed by atoms with Crippen LogP contribution >= 0.6 is 23.4 Å². The topological polar surface area (TPSA) is 51.0 Å². The van der Waals surface area contributed by atoms with Gasteiger partial charge in [-0.2, -0.15) is 0 Å². The molecule has 0 aliphatic carbocycles. The van der Waals surface area contributed by atoms with Crippen LogP contribution in [0.3, 0.4) is 0 Å². The fourth-order valence-corrected chi connectivity index (χ4v) is 4.96. The smallest absolute Gasteiger partial charge is 0.240 e. The highest BCUT2D eigenvalue weighted by molar-refractivity contribution is 8.00. The average Bonchev–Trinajstić information content (AvgIpc) is 3.26. The van der Waals surface area contributed by atoms with Gasteiger partial charge in [-0.25, -0.2) is 0 Å². The van der Waals surface area contributed by atoms with Crippen molar-refractivity contribution >= 4 is 35.0 Å². The summed E-state index contributed by atoms with van der Waals surface area (Å²) in [6.07, 6.45) is 0.892. The molecule has 1 amide bonds. The Bertz CT molecular complexity index is 1050. The number of anilines is 1. The van der Waals surface area contributed by atoms with Crippen molar-refractivity contribution in [3.63, 3.8) is 0 Å². The summed E-state index contributed by atoms with van der Waals surface area (Å²) in [7, 11) is 0. The van der Waals surface area contributed by atoms with Crippen LogP contribution in [-0.2, 0) is 17.8 Å². The molecule has 0 saturated heterocycles. The first-order valence-corrected chi connectivity index (χ1v) is 11.0. The van der Waals surface area contributed by atoms with Gasteiger partial charge in [-0.15, -0.1) is 10.2 Å². The Kier molecular flexibility index (Phi) is 5.65. The van der Waals surface area contributed by atoms with Gasteiger partial charge in [-0.3, -0.25) is 4.79 Å². The predicted molar refractivity (Wildman–Crippen MR) is 119 cm³/mol. The normalized spacial score (nSPS) is 16.7. The Morgan fingerprint density at radius 1 is 1.24 bits per heavy atom. The summed E-state index contributed by atoms with van der Waals surface area (Å²) in [4.78, 5) is 15.2. The lowest BCUT2D eigenvalue weighted by Gasteiger charge is -2.25. The number of nitrogens with zero attached hydrogens (tertiary/aromatic N) is 4. The van der Waals surface area contributed by atoms with Crippen molar-refractivity contribution in [2.45, 2.75) is 50.2 Å².